The van der Waals surface area contributed by atoms with Gasteiger partial charge in [-0.1, -0.05) is 182 Å². The van der Waals surface area contributed by atoms with Gasteiger partial charge in [-0.25, -0.2) is 4.79 Å². The van der Waals surface area contributed by atoms with Crippen LogP contribution in [0.1, 0.15) is 44.4 Å². The number of nitrogens with zero attached hydrogens (tertiary/aromatic N) is 1. The average Bonchev–Trinajstić information content (AvgIpc) is 3.75. The molecule has 2 aliphatic rings. The van der Waals surface area contributed by atoms with E-state index in [9.17, 15) is 12.3 Å². The van der Waals surface area contributed by atoms with Gasteiger partial charge in [0.2, 0.25) is 0 Å². The minimum atomic E-state index is -1.47. The van der Waals surface area contributed by atoms with Gasteiger partial charge in [-0.2, -0.15) is 0 Å². The van der Waals surface area contributed by atoms with Crippen molar-refractivity contribution >= 4 is 12.1 Å². The summed E-state index contributed by atoms with van der Waals surface area (Å²) in [6.45, 7) is -2.54. The molecule has 0 aliphatic carbocycles. The highest BCUT2D eigenvalue weighted by molar-refractivity contribution is 5.69. The van der Waals surface area contributed by atoms with Crippen LogP contribution < -0.4 is 0 Å². The fraction of sp³-hybridized carbons (Fsp3) is 0.321. The molecule has 6 aromatic carbocycles. The Labute approximate surface area is 402 Å². The molecular formula is C56H59NO11. The summed E-state index contributed by atoms with van der Waals surface area (Å²) in [6.07, 6.45) is -9.13. The fourth-order valence-corrected chi connectivity index (χ4v) is 8.09. The van der Waals surface area contributed by atoms with Crippen molar-refractivity contribution in [2.75, 3.05) is 19.8 Å². The Morgan fingerprint density at radius 1 is 0.529 bits per heavy atom. The number of rotatable bonds is 22. The van der Waals surface area contributed by atoms with Crippen molar-refractivity contribution in [2.45, 2.75) is 95.4 Å². The van der Waals surface area contributed by atoms with E-state index < -0.39 is 80.8 Å². The number of carbonyl (C=O) groups excluding carboxylic acids is 2. The second-order valence-electron chi connectivity index (χ2n) is 16.4. The highest BCUT2D eigenvalue weighted by atomic mass is 16.7. The maximum atomic E-state index is 14.4. The van der Waals surface area contributed by atoms with Crippen LogP contribution in [0, 0.1) is 0 Å². The summed E-state index contributed by atoms with van der Waals surface area (Å²) in [4.78, 5) is 29.0. The predicted octanol–water partition coefficient (Wildman–Crippen LogP) is 9.24. The van der Waals surface area contributed by atoms with Crippen LogP contribution in [0.2, 0.25) is 0 Å². The Hall–Kier alpha value is -6.22. The first-order valence-electron chi connectivity index (χ1n) is 24.5. The highest BCUT2D eigenvalue weighted by Crippen LogP contribution is 2.35. The molecule has 1 amide bonds. The Kier molecular flexibility index (Phi) is 16.4. The second-order valence-corrected chi connectivity index (χ2v) is 16.4. The van der Waals surface area contributed by atoms with Gasteiger partial charge in [0, 0.05) is 6.92 Å². The summed E-state index contributed by atoms with van der Waals surface area (Å²) in [5.41, 5.74) is 4.16. The van der Waals surface area contributed by atoms with Gasteiger partial charge in [-0.3, -0.25) is 9.69 Å². The van der Waals surface area contributed by atoms with Crippen molar-refractivity contribution in [1.29, 1.82) is 0 Å². The standard InChI is InChI=1S/C56H59NO11/c1-41(58)66-52-50(40-61-34-43-22-10-3-11-23-43)67-55(54(64-37-46-28-16-6-17-29-46)53(52)63-36-45-26-14-5-15-27-45)68-51-48(39-60-33-42-20-8-2-9-21-42)57(56(59)65-38-47-30-18-7-19-31-47)32-49(51)62-35-44-24-12-4-13-25-44/h2-31,48-55H,32-40H2,1H3/t48-,49-,50-,51-,52-,53+,54-,55?/m1/s1/i34D,36D,37D/t34?,36?,37?,48-,49-,50-,51-,52-,53+,54-,55?. The first-order valence-corrected chi connectivity index (χ1v) is 22.8. The zero-order valence-corrected chi connectivity index (χ0v) is 37.9. The second kappa shape index (κ2) is 25.2. The number of esters is 1. The molecule has 68 heavy (non-hydrogen) atoms. The van der Waals surface area contributed by atoms with Crippen LogP contribution in [0.25, 0.3) is 0 Å². The molecular weight excluding hydrogens is 863 g/mol. The normalized spacial score (nSPS) is 24.4. The molecule has 4 unspecified atom stereocenters. The summed E-state index contributed by atoms with van der Waals surface area (Å²) >= 11 is 0. The molecule has 12 heteroatoms. The SMILES string of the molecule is [2H]C(OC[C@H]1OC(O[C@@H]2[C@@H](COCc3ccccc3)N(C(=O)OCc3ccccc3)C[C@H]2OCc2ccccc2)[C@H](OC([2H])c2ccccc2)[C@@H](OC([2H])c2ccccc2)[C@@H]1OC(C)=O)c1ccccc1. The van der Waals surface area contributed by atoms with Crippen LogP contribution in [0.4, 0.5) is 4.79 Å². The molecule has 0 saturated carbocycles. The smallest absolute Gasteiger partial charge is 0.410 e. The summed E-state index contributed by atoms with van der Waals surface area (Å²) < 4.78 is 86.2. The Morgan fingerprint density at radius 3 is 1.53 bits per heavy atom. The van der Waals surface area contributed by atoms with Crippen LogP contribution in [-0.2, 0) is 87.0 Å². The lowest BCUT2D eigenvalue weighted by molar-refractivity contribution is -0.336. The molecule has 8 rings (SSSR count). The number of carbonyl (C=O) groups is 2. The number of benzene rings is 6. The van der Waals surface area contributed by atoms with Gasteiger partial charge < -0.3 is 42.6 Å². The molecule has 12 nitrogen and oxygen atoms in total. The van der Waals surface area contributed by atoms with E-state index in [1.165, 1.54) is 6.92 Å². The monoisotopic (exact) mass is 924 g/mol. The lowest BCUT2D eigenvalue weighted by Gasteiger charge is -2.46. The molecule has 2 saturated heterocycles. The molecule has 2 heterocycles. The van der Waals surface area contributed by atoms with Gasteiger partial charge in [0.25, 0.3) is 0 Å². The van der Waals surface area contributed by atoms with E-state index in [1.54, 1.807) is 77.7 Å². The van der Waals surface area contributed by atoms with E-state index in [-0.39, 0.29) is 39.6 Å². The van der Waals surface area contributed by atoms with E-state index in [0.29, 0.717) is 16.7 Å². The lowest BCUT2D eigenvalue weighted by Crippen LogP contribution is -2.63. The van der Waals surface area contributed by atoms with Crippen molar-refractivity contribution in [3.05, 3.63) is 215 Å². The van der Waals surface area contributed by atoms with Crippen LogP contribution >= 0.6 is 0 Å². The third-order valence-electron chi connectivity index (χ3n) is 11.5. The molecule has 2 aliphatic heterocycles. The van der Waals surface area contributed by atoms with E-state index in [1.807, 2.05) is 109 Å². The Balaban J connectivity index is 1.19. The van der Waals surface area contributed by atoms with Crippen molar-refractivity contribution in [3.63, 3.8) is 0 Å². The predicted molar refractivity (Wildman–Crippen MR) is 253 cm³/mol. The molecule has 0 radical (unpaired) electrons. The molecule has 6 aromatic rings. The van der Waals surface area contributed by atoms with Gasteiger partial charge in [0.15, 0.2) is 12.4 Å². The minimum absolute atomic E-state index is 0.00870. The average molecular weight is 925 g/mol. The number of amides is 1. The molecule has 2 fully saturated rings. The van der Waals surface area contributed by atoms with Gasteiger partial charge >= 0.3 is 12.1 Å². The summed E-state index contributed by atoms with van der Waals surface area (Å²) in [7, 11) is 0. The van der Waals surface area contributed by atoms with Crippen LogP contribution in [0.3, 0.4) is 0 Å². The molecule has 0 aromatic heterocycles. The lowest BCUT2D eigenvalue weighted by atomic mass is 9.97. The van der Waals surface area contributed by atoms with E-state index in [4.69, 9.17) is 44.0 Å². The van der Waals surface area contributed by atoms with Crippen molar-refractivity contribution < 1.29 is 56.3 Å². The fourth-order valence-electron chi connectivity index (χ4n) is 8.09. The highest BCUT2D eigenvalue weighted by Gasteiger charge is 2.54. The van der Waals surface area contributed by atoms with Crippen molar-refractivity contribution in [1.82, 2.24) is 4.90 Å². The minimum Gasteiger partial charge on any atom is -0.457 e. The molecule has 0 spiro atoms. The first-order chi connectivity index (χ1) is 34.7. The number of hydrogen-bond acceptors (Lipinski definition) is 11. The van der Waals surface area contributed by atoms with Crippen molar-refractivity contribution in [2.24, 2.45) is 0 Å². The van der Waals surface area contributed by atoms with E-state index in [0.717, 1.165) is 16.7 Å². The summed E-state index contributed by atoms with van der Waals surface area (Å²) in [5, 5.41) is 0. The van der Waals surface area contributed by atoms with E-state index in [2.05, 4.69) is 0 Å². The zero-order chi connectivity index (χ0) is 49.4. The maximum absolute atomic E-state index is 14.4. The van der Waals surface area contributed by atoms with Crippen LogP contribution in [-0.4, -0.2) is 85.7 Å². The van der Waals surface area contributed by atoms with Gasteiger partial charge in [-0.15, -0.1) is 0 Å². The van der Waals surface area contributed by atoms with Gasteiger partial charge in [0.05, 0.1) is 62.9 Å². The zero-order valence-electron chi connectivity index (χ0n) is 40.9. The first kappa shape index (κ1) is 44.3. The van der Waals surface area contributed by atoms with Crippen molar-refractivity contribution in [3.8, 4) is 0 Å². The summed E-state index contributed by atoms with van der Waals surface area (Å²) in [6, 6.07) is 54.5. The largest absolute Gasteiger partial charge is 0.457 e. The quantitative estimate of drug-likeness (QED) is 0.0607. The third-order valence-corrected chi connectivity index (χ3v) is 11.5. The summed E-state index contributed by atoms with van der Waals surface area (Å²) in [5.74, 6) is -0.682. The van der Waals surface area contributed by atoms with Gasteiger partial charge in [-0.05, 0) is 33.4 Å². The van der Waals surface area contributed by atoms with Gasteiger partial charge in [0.1, 0.15) is 37.1 Å². The maximum Gasteiger partial charge on any atom is 0.410 e. The molecule has 354 valence electrons. The number of ether oxygens (including phenoxy) is 9. The third kappa shape index (κ3) is 13.9. The van der Waals surface area contributed by atoms with E-state index >= 15 is 0 Å². The molecule has 0 N–H and O–H groups in total. The Morgan fingerprint density at radius 2 is 1.00 bits per heavy atom. The molecule has 11 atom stereocenters. The van der Waals surface area contributed by atoms with Crippen LogP contribution in [0.15, 0.2) is 182 Å². The Bertz CT molecular complexity index is 2510. The van der Waals surface area contributed by atoms with Crippen LogP contribution in [0.5, 0.6) is 0 Å². The number of likely N-dealkylation sites (tertiary alicyclic amines) is 1. The topological polar surface area (TPSA) is 120 Å². The molecule has 0 bridgehead atoms. The number of hydrogen-bond donors (Lipinski definition) is 0.